The zero-order valence-corrected chi connectivity index (χ0v) is 16.5. The van der Waals surface area contributed by atoms with E-state index in [1.165, 1.54) is 38.7 Å². The summed E-state index contributed by atoms with van der Waals surface area (Å²) in [4.78, 5) is 8.80. The number of allylic oxidation sites excluding steroid dienone is 3. The number of nitrogens with one attached hydrogen (secondary N) is 2. The van der Waals surface area contributed by atoms with E-state index in [0.29, 0.717) is 17.6 Å². The minimum absolute atomic E-state index is 0.425. The molecule has 0 fully saturated rings. The molecule has 0 aliphatic heterocycles. The molecule has 1 atom stereocenters. The molecule has 0 radical (unpaired) electrons. The second kappa shape index (κ2) is 13.1. The lowest BCUT2D eigenvalue weighted by Gasteiger charge is -2.11. The number of anilines is 2. The molecule has 6 heteroatoms. The van der Waals surface area contributed by atoms with Gasteiger partial charge in [-0.05, 0) is 31.9 Å². The molecule has 1 heterocycles. The van der Waals surface area contributed by atoms with Crippen LogP contribution in [0.15, 0.2) is 30.0 Å². The summed E-state index contributed by atoms with van der Waals surface area (Å²) in [6.45, 7) is 6.59. The number of aromatic nitrogens is 2. The molecule has 0 aromatic carbocycles. The first kappa shape index (κ1) is 21.9. The van der Waals surface area contributed by atoms with E-state index in [0.717, 1.165) is 25.1 Å². The molecule has 1 rings (SSSR count). The van der Waals surface area contributed by atoms with Crippen LogP contribution in [-0.2, 0) is 0 Å². The molecule has 0 spiro atoms. The van der Waals surface area contributed by atoms with Crippen LogP contribution >= 0.6 is 0 Å². The van der Waals surface area contributed by atoms with Gasteiger partial charge in [-0.15, -0.1) is 0 Å². The van der Waals surface area contributed by atoms with Crippen molar-refractivity contribution in [2.24, 2.45) is 0 Å². The Bertz CT molecular complexity index is 573. The Morgan fingerprint density at radius 3 is 2.65 bits per heavy atom. The molecule has 0 aliphatic rings. The topological polar surface area (TPSA) is 59.1 Å². The molecule has 0 amide bonds. The Labute approximate surface area is 157 Å². The van der Waals surface area contributed by atoms with E-state index in [1.54, 1.807) is 19.3 Å². The lowest BCUT2D eigenvalue weighted by molar-refractivity contribution is 0.398. The van der Waals surface area contributed by atoms with Gasteiger partial charge in [0.2, 0.25) is 11.8 Å². The number of ether oxygens (including phenoxy) is 1. The van der Waals surface area contributed by atoms with Crippen LogP contribution in [0.1, 0.15) is 59.3 Å². The minimum atomic E-state index is -1.01. The molecular weight excluding hydrogens is 331 g/mol. The van der Waals surface area contributed by atoms with Crippen molar-refractivity contribution in [2.45, 2.75) is 65.5 Å². The molecule has 0 saturated carbocycles. The fourth-order valence-electron chi connectivity index (χ4n) is 2.37. The van der Waals surface area contributed by atoms with E-state index in [1.807, 2.05) is 13.0 Å². The third-order valence-electron chi connectivity index (χ3n) is 3.72. The van der Waals surface area contributed by atoms with E-state index < -0.39 is 6.17 Å². The van der Waals surface area contributed by atoms with E-state index in [9.17, 15) is 4.39 Å². The molecular formula is C20H33FN4O. The van der Waals surface area contributed by atoms with Crippen molar-refractivity contribution in [1.82, 2.24) is 9.97 Å². The molecule has 5 nitrogen and oxygen atoms in total. The zero-order valence-electron chi connectivity index (χ0n) is 16.5. The average Bonchev–Trinajstić information content (AvgIpc) is 2.62. The van der Waals surface area contributed by atoms with Crippen molar-refractivity contribution in [3.8, 4) is 5.88 Å². The fraction of sp³-hybridized carbons (Fsp3) is 0.600. The Balaban J connectivity index is 2.73. The van der Waals surface area contributed by atoms with Gasteiger partial charge in [-0.25, -0.2) is 4.39 Å². The van der Waals surface area contributed by atoms with Gasteiger partial charge < -0.3 is 15.4 Å². The van der Waals surface area contributed by atoms with Crippen molar-refractivity contribution in [1.29, 1.82) is 0 Å². The highest BCUT2D eigenvalue weighted by Gasteiger charge is 2.06. The van der Waals surface area contributed by atoms with Gasteiger partial charge in [0.25, 0.3) is 0 Å². The summed E-state index contributed by atoms with van der Waals surface area (Å²) in [6.07, 6.45) is 11.1. The Hall–Kier alpha value is -2.11. The van der Waals surface area contributed by atoms with Crippen molar-refractivity contribution >= 4 is 11.8 Å². The minimum Gasteiger partial charge on any atom is -0.481 e. The molecule has 2 N–H and O–H groups in total. The highest BCUT2D eigenvalue weighted by atomic mass is 19.1. The quantitative estimate of drug-likeness (QED) is 0.358. The number of rotatable bonds is 13. The Morgan fingerprint density at radius 1 is 1.23 bits per heavy atom. The van der Waals surface area contributed by atoms with Crippen molar-refractivity contribution in [3.05, 3.63) is 30.0 Å². The summed E-state index contributed by atoms with van der Waals surface area (Å²) in [7, 11) is 1.58. The Morgan fingerprint density at radius 2 is 2.00 bits per heavy atom. The van der Waals surface area contributed by atoms with Crippen LogP contribution in [0.3, 0.4) is 0 Å². The van der Waals surface area contributed by atoms with Gasteiger partial charge in [0.1, 0.15) is 12.0 Å². The number of methoxy groups -OCH3 is 1. The van der Waals surface area contributed by atoms with Crippen LogP contribution in [0.2, 0.25) is 0 Å². The predicted molar refractivity (Wildman–Crippen MR) is 108 cm³/mol. The first-order chi connectivity index (χ1) is 12.6. The summed E-state index contributed by atoms with van der Waals surface area (Å²) in [5, 5.41) is 6.46. The van der Waals surface area contributed by atoms with Crippen LogP contribution < -0.4 is 15.4 Å². The second-order valence-corrected chi connectivity index (χ2v) is 6.19. The molecule has 1 unspecified atom stereocenters. The van der Waals surface area contributed by atoms with Gasteiger partial charge in [-0.3, -0.25) is 0 Å². The standard InChI is InChI=1S/C20H33FN4O/c1-5-7-8-9-10-14-22-18-15-19(26-4)25-20(24-18)23-17(11-6-2)13-12-16(3)21/h11-13,15-16H,5-10,14H2,1-4H3,(H2,22,23,24,25)/b13-12-,17-11+. The SMILES string of the molecule is CC/C=C(\C=C/C(C)F)Nc1nc(NCCCCCCC)cc(OC)n1. The molecule has 0 saturated heterocycles. The largest absolute Gasteiger partial charge is 0.481 e. The fourth-order valence-corrected chi connectivity index (χ4v) is 2.37. The molecule has 146 valence electrons. The molecule has 0 bridgehead atoms. The predicted octanol–water partition coefficient (Wildman–Crippen LogP) is 5.49. The normalized spacial score (nSPS) is 13.0. The zero-order chi connectivity index (χ0) is 19.2. The maximum atomic E-state index is 13.1. The van der Waals surface area contributed by atoms with Gasteiger partial charge in [0.15, 0.2) is 0 Å². The van der Waals surface area contributed by atoms with Gasteiger partial charge in [-0.1, -0.05) is 45.6 Å². The van der Waals surface area contributed by atoms with E-state index in [2.05, 4.69) is 27.5 Å². The van der Waals surface area contributed by atoms with Gasteiger partial charge in [0.05, 0.1) is 7.11 Å². The highest BCUT2D eigenvalue weighted by molar-refractivity contribution is 5.48. The van der Waals surface area contributed by atoms with Crippen LogP contribution in [0, 0.1) is 0 Å². The lowest BCUT2D eigenvalue weighted by Crippen LogP contribution is -2.08. The molecule has 26 heavy (non-hydrogen) atoms. The molecule has 1 aromatic heterocycles. The second-order valence-electron chi connectivity index (χ2n) is 6.19. The number of alkyl halides is 1. The van der Waals surface area contributed by atoms with Crippen LogP contribution in [-0.4, -0.2) is 29.8 Å². The van der Waals surface area contributed by atoms with Gasteiger partial charge in [0, 0.05) is 18.3 Å². The van der Waals surface area contributed by atoms with E-state index in [4.69, 9.17) is 4.74 Å². The van der Waals surface area contributed by atoms with Gasteiger partial charge in [-0.2, -0.15) is 9.97 Å². The van der Waals surface area contributed by atoms with E-state index >= 15 is 0 Å². The Kier molecular flexibility index (Phi) is 11.1. The van der Waals surface area contributed by atoms with Crippen LogP contribution in [0.5, 0.6) is 5.88 Å². The van der Waals surface area contributed by atoms with Crippen LogP contribution in [0.4, 0.5) is 16.2 Å². The molecule has 0 aliphatic carbocycles. The molecule has 1 aromatic rings. The van der Waals surface area contributed by atoms with Crippen molar-refractivity contribution < 1.29 is 9.13 Å². The van der Waals surface area contributed by atoms with Crippen molar-refractivity contribution in [2.75, 3.05) is 24.3 Å². The smallest absolute Gasteiger partial charge is 0.232 e. The maximum Gasteiger partial charge on any atom is 0.232 e. The average molecular weight is 365 g/mol. The summed E-state index contributed by atoms with van der Waals surface area (Å²) >= 11 is 0. The number of unbranched alkanes of at least 4 members (excludes halogenated alkanes) is 4. The maximum absolute atomic E-state index is 13.1. The first-order valence-corrected chi connectivity index (χ1v) is 9.55. The third kappa shape index (κ3) is 9.39. The number of hydrogen-bond acceptors (Lipinski definition) is 5. The van der Waals surface area contributed by atoms with Crippen LogP contribution in [0.25, 0.3) is 0 Å². The first-order valence-electron chi connectivity index (χ1n) is 9.55. The monoisotopic (exact) mass is 364 g/mol. The number of nitrogens with zero attached hydrogens (tertiary/aromatic N) is 2. The highest BCUT2D eigenvalue weighted by Crippen LogP contribution is 2.18. The van der Waals surface area contributed by atoms with E-state index in [-0.39, 0.29) is 0 Å². The summed E-state index contributed by atoms with van der Waals surface area (Å²) in [5.74, 6) is 1.62. The number of halogens is 1. The van der Waals surface area contributed by atoms with Crippen molar-refractivity contribution in [3.63, 3.8) is 0 Å². The van der Waals surface area contributed by atoms with Gasteiger partial charge >= 0.3 is 0 Å². The third-order valence-corrected chi connectivity index (χ3v) is 3.72. The summed E-state index contributed by atoms with van der Waals surface area (Å²) in [5.41, 5.74) is 0.760. The summed E-state index contributed by atoms with van der Waals surface area (Å²) < 4.78 is 18.3. The number of hydrogen-bond donors (Lipinski definition) is 2. The summed E-state index contributed by atoms with van der Waals surface area (Å²) in [6, 6.07) is 1.78. The lowest BCUT2D eigenvalue weighted by atomic mass is 10.1.